The zero-order chi connectivity index (χ0) is 15.5. The van der Waals surface area contributed by atoms with Crippen LogP contribution in [0.15, 0.2) is 29.2 Å². The van der Waals surface area contributed by atoms with Crippen LogP contribution in [0.2, 0.25) is 0 Å². The molecule has 134 valence electrons. The standard InChI is InChI=1S/C17H23N3OS.ClH.H2O/c1-18-7-9-20(10-8-18)15-6-4-3-5-14(15)13-16-17(21)19(2)11-12-22-16;;/h3-6,13H,7-12H2,1-2H3;1H;1H2. The van der Waals surface area contributed by atoms with Crippen molar-refractivity contribution in [2.24, 2.45) is 0 Å². The van der Waals surface area contributed by atoms with Gasteiger partial charge in [0, 0.05) is 51.2 Å². The van der Waals surface area contributed by atoms with Crippen LogP contribution >= 0.6 is 24.2 Å². The number of rotatable bonds is 2. The van der Waals surface area contributed by atoms with Crippen LogP contribution in [0.25, 0.3) is 6.08 Å². The van der Waals surface area contributed by atoms with Crippen molar-refractivity contribution in [1.82, 2.24) is 9.80 Å². The normalized spacial score (nSPS) is 20.6. The summed E-state index contributed by atoms with van der Waals surface area (Å²) >= 11 is 1.67. The molecule has 1 aromatic rings. The average Bonchev–Trinajstić information content (AvgIpc) is 2.53. The van der Waals surface area contributed by atoms with E-state index in [1.807, 2.05) is 13.1 Å². The van der Waals surface area contributed by atoms with E-state index in [-0.39, 0.29) is 23.8 Å². The Morgan fingerprint density at radius 2 is 1.71 bits per heavy atom. The summed E-state index contributed by atoms with van der Waals surface area (Å²) in [4.78, 5) is 19.7. The maximum atomic E-state index is 12.3. The molecule has 2 aliphatic heterocycles. The van der Waals surface area contributed by atoms with Crippen LogP contribution in [-0.4, -0.2) is 73.8 Å². The van der Waals surface area contributed by atoms with Gasteiger partial charge in [-0.15, -0.1) is 24.2 Å². The number of anilines is 1. The van der Waals surface area contributed by atoms with Gasteiger partial charge in [0.25, 0.3) is 5.91 Å². The van der Waals surface area contributed by atoms with Gasteiger partial charge in [0.1, 0.15) is 0 Å². The molecular weight excluding hydrogens is 346 g/mol. The summed E-state index contributed by atoms with van der Waals surface area (Å²) < 4.78 is 0. The van der Waals surface area contributed by atoms with Crippen LogP contribution in [0.3, 0.4) is 0 Å². The van der Waals surface area contributed by atoms with Crippen molar-refractivity contribution in [2.75, 3.05) is 57.5 Å². The lowest BCUT2D eigenvalue weighted by molar-refractivity contribution is -0.125. The first-order chi connectivity index (χ1) is 10.6. The van der Waals surface area contributed by atoms with Crippen molar-refractivity contribution in [1.29, 1.82) is 0 Å². The van der Waals surface area contributed by atoms with Crippen molar-refractivity contribution in [3.63, 3.8) is 0 Å². The fourth-order valence-corrected chi connectivity index (χ4v) is 3.91. The number of nitrogens with zero attached hydrogens (tertiary/aromatic N) is 3. The summed E-state index contributed by atoms with van der Waals surface area (Å²) in [6.45, 7) is 5.08. The van der Waals surface area contributed by atoms with Crippen molar-refractivity contribution >= 4 is 41.8 Å². The lowest BCUT2D eigenvalue weighted by Crippen LogP contribution is -2.44. The van der Waals surface area contributed by atoms with Gasteiger partial charge in [-0.2, -0.15) is 0 Å². The number of hydrogen-bond donors (Lipinski definition) is 0. The van der Waals surface area contributed by atoms with Crippen molar-refractivity contribution < 1.29 is 10.3 Å². The Balaban J connectivity index is 0.00000144. The monoisotopic (exact) mass is 371 g/mol. The molecule has 0 spiro atoms. The van der Waals surface area contributed by atoms with Crippen LogP contribution in [0.1, 0.15) is 5.56 Å². The van der Waals surface area contributed by atoms with Crippen molar-refractivity contribution in [3.8, 4) is 0 Å². The van der Waals surface area contributed by atoms with Gasteiger partial charge in [-0.25, -0.2) is 0 Å². The second-order valence-corrected chi connectivity index (χ2v) is 7.07. The Hall–Kier alpha value is -1.21. The number of hydrogen-bond acceptors (Lipinski definition) is 4. The minimum Gasteiger partial charge on any atom is -0.412 e. The first-order valence-corrected chi connectivity index (χ1v) is 8.76. The van der Waals surface area contributed by atoms with E-state index < -0.39 is 0 Å². The van der Waals surface area contributed by atoms with E-state index in [0.717, 1.165) is 48.9 Å². The topological polar surface area (TPSA) is 58.3 Å². The Bertz CT molecular complexity index is 589. The molecule has 0 atom stereocenters. The molecule has 2 aliphatic rings. The molecule has 1 aromatic carbocycles. The average molecular weight is 372 g/mol. The molecular formula is C17H26ClN3O2S. The Kier molecular flexibility index (Phi) is 8.09. The number of benzene rings is 1. The number of para-hydroxylation sites is 1. The Morgan fingerprint density at radius 3 is 2.42 bits per heavy atom. The molecule has 24 heavy (non-hydrogen) atoms. The Labute approximate surface area is 154 Å². The van der Waals surface area contributed by atoms with Gasteiger partial charge in [-0.05, 0) is 24.8 Å². The summed E-state index contributed by atoms with van der Waals surface area (Å²) in [6.07, 6.45) is 2.07. The molecule has 3 rings (SSSR count). The van der Waals surface area contributed by atoms with E-state index in [0.29, 0.717) is 0 Å². The maximum Gasteiger partial charge on any atom is 0.260 e. The first-order valence-electron chi connectivity index (χ1n) is 7.77. The molecule has 0 radical (unpaired) electrons. The second kappa shape index (κ2) is 9.32. The van der Waals surface area contributed by atoms with Gasteiger partial charge in [0.2, 0.25) is 0 Å². The third kappa shape index (κ3) is 4.66. The van der Waals surface area contributed by atoms with E-state index in [1.54, 1.807) is 16.7 Å². The SMILES string of the molecule is CN1CCN(c2ccccc2C=C2SCCN(C)C2=O)CC1.Cl.O. The highest BCUT2D eigenvalue weighted by atomic mass is 35.5. The highest BCUT2D eigenvalue weighted by molar-refractivity contribution is 8.04. The van der Waals surface area contributed by atoms with Crippen LogP contribution in [0.5, 0.6) is 0 Å². The highest BCUT2D eigenvalue weighted by Gasteiger charge is 2.22. The van der Waals surface area contributed by atoms with Gasteiger partial charge >= 0.3 is 0 Å². The number of amides is 1. The summed E-state index contributed by atoms with van der Waals surface area (Å²) in [7, 11) is 4.04. The molecule has 0 bridgehead atoms. The van der Waals surface area contributed by atoms with Gasteiger partial charge in [0.15, 0.2) is 0 Å². The molecule has 0 saturated carbocycles. The van der Waals surface area contributed by atoms with E-state index in [2.05, 4.69) is 41.1 Å². The van der Waals surface area contributed by atoms with E-state index in [1.165, 1.54) is 5.69 Å². The summed E-state index contributed by atoms with van der Waals surface area (Å²) in [5, 5.41) is 0. The van der Waals surface area contributed by atoms with Crippen LogP contribution in [0.4, 0.5) is 5.69 Å². The summed E-state index contributed by atoms with van der Waals surface area (Å²) in [6, 6.07) is 8.41. The quantitative estimate of drug-likeness (QED) is 0.740. The van der Waals surface area contributed by atoms with Gasteiger partial charge in [0.05, 0.1) is 4.91 Å². The zero-order valence-electron chi connectivity index (χ0n) is 14.2. The number of thioether (sulfide) groups is 1. The van der Waals surface area contributed by atoms with Crippen LogP contribution in [0, 0.1) is 0 Å². The minimum atomic E-state index is 0. The number of piperazine rings is 1. The van der Waals surface area contributed by atoms with Crippen molar-refractivity contribution in [2.45, 2.75) is 0 Å². The second-order valence-electron chi connectivity index (χ2n) is 5.93. The molecule has 1 amide bonds. The predicted octanol–water partition coefficient (Wildman–Crippen LogP) is 1.58. The molecule has 2 N–H and O–H groups in total. The van der Waals surface area contributed by atoms with E-state index in [9.17, 15) is 4.79 Å². The molecule has 5 nitrogen and oxygen atoms in total. The zero-order valence-corrected chi connectivity index (χ0v) is 15.8. The van der Waals surface area contributed by atoms with Gasteiger partial charge in [-0.3, -0.25) is 4.79 Å². The third-order valence-corrected chi connectivity index (χ3v) is 5.30. The number of likely N-dealkylation sites (N-methyl/N-ethyl adjacent to an activating group) is 2. The summed E-state index contributed by atoms with van der Waals surface area (Å²) in [5.41, 5.74) is 2.39. The molecule has 0 aromatic heterocycles. The van der Waals surface area contributed by atoms with E-state index >= 15 is 0 Å². The predicted molar refractivity (Wildman–Crippen MR) is 105 cm³/mol. The minimum absolute atomic E-state index is 0. The smallest absolute Gasteiger partial charge is 0.260 e. The number of carbonyl (C=O) groups is 1. The molecule has 2 heterocycles. The van der Waals surface area contributed by atoms with Crippen LogP contribution < -0.4 is 4.90 Å². The van der Waals surface area contributed by atoms with Crippen molar-refractivity contribution in [3.05, 3.63) is 34.7 Å². The molecule has 2 fully saturated rings. The number of carbonyl (C=O) groups excluding carboxylic acids is 1. The molecule has 2 saturated heterocycles. The lowest BCUT2D eigenvalue weighted by Gasteiger charge is -2.35. The van der Waals surface area contributed by atoms with Gasteiger partial charge in [-0.1, -0.05) is 18.2 Å². The largest absolute Gasteiger partial charge is 0.412 e. The molecule has 0 unspecified atom stereocenters. The number of halogens is 1. The van der Waals surface area contributed by atoms with Gasteiger partial charge < -0.3 is 20.2 Å². The highest BCUT2D eigenvalue weighted by Crippen LogP contribution is 2.29. The Morgan fingerprint density at radius 1 is 1.04 bits per heavy atom. The first kappa shape index (κ1) is 20.8. The van der Waals surface area contributed by atoms with E-state index in [4.69, 9.17) is 0 Å². The molecule has 0 aliphatic carbocycles. The van der Waals surface area contributed by atoms with Crippen LogP contribution in [-0.2, 0) is 4.79 Å². The fraction of sp³-hybridized carbons (Fsp3) is 0.471. The fourth-order valence-electron chi connectivity index (χ4n) is 2.83. The lowest BCUT2D eigenvalue weighted by atomic mass is 10.1. The maximum absolute atomic E-state index is 12.3. The summed E-state index contributed by atoms with van der Waals surface area (Å²) in [5.74, 6) is 1.12. The molecule has 7 heteroatoms. The third-order valence-electron chi connectivity index (χ3n) is 4.31.